The maximum atomic E-state index is 12.0. The fourth-order valence-electron chi connectivity index (χ4n) is 4.16. The number of hydrogen-bond acceptors (Lipinski definition) is 11. The molecule has 3 rings (SSSR count). The molecule has 164 valence electrons. The number of carbonyl (C=O) groups excluding carboxylic acids is 1. The summed E-state index contributed by atoms with van der Waals surface area (Å²) in [5.41, 5.74) is 0.0361. The van der Waals surface area contributed by atoms with Crippen molar-refractivity contribution in [2.75, 3.05) is 13.7 Å². The predicted molar refractivity (Wildman–Crippen MR) is 88.6 cm³/mol. The Morgan fingerprint density at radius 1 is 1.14 bits per heavy atom. The molecule has 1 saturated carbocycles. The molecule has 10 unspecified atom stereocenters. The highest BCUT2D eigenvalue weighted by molar-refractivity contribution is 5.89. The van der Waals surface area contributed by atoms with Crippen LogP contribution in [0, 0.1) is 17.8 Å². The quantitative estimate of drug-likeness (QED) is 0.246. The zero-order valence-electron chi connectivity index (χ0n) is 15.4. The van der Waals surface area contributed by atoms with Crippen molar-refractivity contribution in [2.45, 2.75) is 49.5 Å². The minimum atomic E-state index is -1.73. The summed E-state index contributed by atoms with van der Waals surface area (Å²) in [5, 5.41) is 58.9. The van der Waals surface area contributed by atoms with Crippen molar-refractivity contribution in [1.82, 2.24) is 0 Å². The SMILES string of the molecule is COC(=O)C1=COC(OC2OC(CO)C(O)C(O)C2O)C2C1CC(O)C2C(=O)O. The van der Waals surface area contributed by atoms with Crippen molar-refractivity contribution in [3.05, 3.63) is 11.8 Å². The largest absolute Gasteiger partial charge is 0.481 e. The number of methoxy groups -OCH3 is 1. The first kappa shape index (κ1) is 21.9. The summed E-state index contributed by atoms with van der Waals surface area (Å²) in [7, 11) is 1.15. The minimum Gasteiger partial charge on any atom is -0.481 e. The molecular weight excluding hydrogens is 396 g/mol. The third-order valence-corrected chi connectivity index (χ3v) is 5.66. The van der Waals surface area contributed by atoms with Gasteiger partial charge in [0.25, 0.3) is 0 Å². The van der Waals surface area contributed by atoms with Gasteiger partial charge in [-0.2, -0.15) is 0 Å². The molecule has 0 bridgehead atoms. The van der Waals surface area contributed by atoms with E-state index in [9.17, 15) is 40.2 Å². The molecule has 2 aliphatic heterocycles. The Bertz CT molecular complexity index is 663. The number of aliphatic hydroxyl groups excluding tert-OH is 5. The highest BCUT2D eigenvalue weighted by Crippen LogP contribution is 2.48. The first-order valence-corrected chi connectivity index (χ1v) is 9.01. The van der Waals surface area contributed by atoms with Gasteiger partial charge in [-0.15, -0.1) is 0 Å². The van der Waals surface area contributed by atoms with Crippen molar-refractivity contribution in [3.63, 3.8) is 0 Å². The monoisotopic (exact) mass is 420 g/mol. The molecule has 0 aromatic heterocycles. The number of carbonyl (C=O) groups is 2. The number of aliphatic carboxylic acids is 1. The lowest BCUT2D eigenvalue weighted by Crippen LogP contribution is -2.60. The van der Waals surface area contributed by atoms with Crippen LogP contribution >= 0.6 is 0 Å². The normalized spacial score (nSPS) is 44.4. The van der Waals surface area contributed by atoms with Crippen molar-refractivity contribution in [1.29, 1.82) is 0 Å². The number of carboxylic acid groups (broad SMARTS) is 1. The zero-order chi connectivity index (χ0) is 21.5. The van der Waals surface area contributed by atoms with Crippen LogP contribution in [0.1, 0.15) is 6.42 Å². The fraction of sp³-hybridized carbons (Fsp3) is 0.765. The number of carboxylic acids is 1. The Morgan fingerprint density at radius 3 is 2.41 bits per heavy atom. The topological polar surface area (TPSA) is 192 Å². The Hall–Kier alpha value is -1.80. The summed E-state index contributed by atoms with van der Waals surface area (Å²) in [6, 6.07) is 0. The van der Waals surface area contributed by atoms with Crippen LogP contribution in [0.15, 0.2) is 11.8 Å². The standard InChI is InChI=1S/C17H24O12/c1-26-15(25)6-4-27-16(9-5(6)2-7(19)10(9)14(23)24)29-17-13(22)12(21)11(20)8(3-18)28-17/h4-5,7-13,16-22H,2-3H2,1H3,(H,23,24). The van der Waals surface area contributed by atoms with Gasteiger partial charge in [-0.1, -0.05) is 0 Å². The van der Waals surface area contributed by atoms with E-state index >= 15 is 0 Å². The van der Waals surface area contributed by atoms with Gasteiger partial charge in [0.05, 0.1) is 37.6 Å². The summed E-state index contributed by atoms with van der Waals surface area (Å²) >= 11 is 0. The number of rotatable bonds is 5. The van der Waals surface area contributed by atoms with Crippen LogP contribution in [-0.2, 0) is 28.5 Å². The van der Waals surface area contributed by atoms with E-state index < -0.39 is 79.4 Å². The van der Waals surface area contributed by atoms with E-state index in [0.29, 0.717) is 0 Å². The molecule has 1 aliphatic carbocycles. The van der Waals surface area contributed by atoms with E-state index in [1.165, 1.54) is 0 Å². The first-order chi connectivity index (χ1) is 13.7. The zero-order valence-corrected chi connectivity index (χ0v) is 15.4. The van der Waals surface area contributed by atoms with Crippen LogP contribution in [0.2, 0.25) is 0 Å². The van der Waals surface area contributed by atoms with Crippen LogP contribution < -0.4 is 0 Å². The Kier molecular flexibility index (Phi) is 6.43. The second kappa shape index (κ2) is 8.52. The maximum absolute atomic E-state index is 12.0. The van der Waals surface area contributed by atoms with E-state index in [2.05, 4.69) is 4.74 Å². The lowest BCUT2D eigenvalue weighted by molar-refractivity contribution is -0.342. The molecule has 12 nitrogen and oxygen atoms in total. The van der Waals surface area contributed by atoms with Gasteiger partial charge in [0.1, 0.15) is 24.4 Å². The predicted octanol–water partition coefficient (Wildman–Crippen LogP) is -3.09. The fourth-order valence-corrected chi connectivity index (χ4v) is 4.16. The highest BCUT2D eigenvalue weighted by Gasteiger charge is 2.57. The highest BCUT2D eigenvalue weighted by atomic mass is 16.8. The molecule has 3 aliphatic rings. The van der Waals surface area contributed by atoms with E-state index in [-0.39, 0.29) is 12.0 Å². The average molecular weight is 420 g/mol. The number of aliphatic hydroxyl groups is 5. The van der Waals surface area contributed by atoms with Crippen LogP contribution in [0.4, 0.5) is 0 Å². The van der Waals surface area contributed by atoms with Gasteiger partial charge in [0, 0.05) is 11.8 Å². The Labute approximate surface area is 164 Å². The molecule has 6 N–H and O–H groups in total. The van der Waals surface area contributed by atoms with Crippen molar-refractivity contribution in [2.24, 2.45) is 17.8 Å². The van der Waals surface area contributed by atoms with Crippen molar-refractivity contribution < 1.29 is 59.2 Å². The minimum absolute atomic E-state index is 0.0361. The van der Waals surface area contributed by atoms with Gasteiger partial charge in [-0.05, 0) is 6.42 Å². The smallest absolute Gasteiger partial charge is 0.337 e. The Balaban J connectivity index is 1.87. The molecule has 0 amide bonds. The third kappa shape index (κ3) is 3.84. The molecule has 2 fully saturated rings. The van der Waals surface area contributed by atoms with E-state index in [4.69, 9.17) is 14.2 Å². The second-order valence-corrected chi connectivity index (χ2v) is 7.25. The second-order valence-electron chi connectivity index (χ2n) is 7.25. The van der Waals surface area contributed by atoms with Gasteiger partial charge >= 0.3 is 11.9 Å². The summed E-state index contributed by atoms with van der Waals surface area (Å²) in [5.74, 6) is -5.22. The molecule has 10 atom stereocenters. The molecule has 0 aromatic rings. The van der Waals surface area contributed by atoms with E-state index in [0.717, 1.165) is 13.4 Å². The summed E-state index contributed by atoms with van der Waals surface area (Å²) < 4.78 is 20.9. The lowest BCUT2D eigenvalue weighted by Gasteiger charge is -2.42. The lowest BCUT2D eigenvalue weighted by atomic mass is 9.82. The van der Waals surface area contributed by atoms with Crippen LogP contribution in [-0.4, -0.2) is 99.4 Å². The van der Waals surface area contributed by atoms with Gasteiger partial charge in [0.15, 0.2) is 6.29 Å². The third-order valence-electron chi connectivity index (χ3n) is 5.66. The van der Waals surface area contributed by atoms with Gasteiger partial charge in [0.2, 0.25) is 6.29 Å². The molecule has 0 radical (unpaired) electrons. The molecule has 0 spiro atoms. The maximum Gasteiger partial charge on any atom is 0.337 e. The van der Waals surface area contributed by atoms with Crippen LogP contribution in [0.25, 0.3) is 0 Å². The van der Waals surface area contributed by atoms with Crippen molar-refractivity contribution >= 4 is 11.9 Å². The molecule has 2 heterocycles. The van der Waals surface area contributed by atoms with Crippen LogP contribution in [0.5, 0.6) is 0 Å². The van der Waals surface area contributed by atoms with Gasteiger partial charge in [-0.3, -0.25) is 4.79 Å². The number of ether oxygens (including phenoxy) is 4. The molecule has 1 saturated heterocycles. The number of fused-ring (bicyclic) bond motifs is 1. The first-order valence-electron chi connectivity index (χ1n) is 9.01. The average Bonchev–Trinajstić information content (AvgIpc) is 3.05. The summed E-state index contributed by atoms with van der Waals surface area (Å²) in [4.78, 5) is 23.7. The van der Waals surface area contributed by atoms with Crippen LogP contribution in [0.3, 0.4) is 0 Å². The number of hydrogen-bond donors (Lipinski definition) is 6. The summed E-state index contributed by atoms with van der Waals surface area (Å²) in [6.07, 6.45) is -9.50. The van der Waals surface area contributed by atoms with Gasteiger partial charge < -0.3 is 49.6 Å². The molecule has 29 heavy (non-hydrogen) atoms. The molecular formula is C17H24O12. The summed E-state index contributed by atoms with van der Waals surface area (Å²) in [6.45, 7) is -0.675. The van der Waals surface area contributed by atoms with E-state index in [1.54, 1.807) is 0 Å². The van der Waals surface area contributed by atoms with E-state index in [1.807, 2.05) is 0 Å². The van der Waals surface area contributed by atoms with Gasteiger partial charge in [-0.25, -0.2) is 4.79 Å². The Morgan fingerprint density at radius 2 is 1.83 bits per heavy atom. The molecule has 12 heteroatoms. The number of esters is 1. The molecule has 0 aromatic carbocycles. The van der Waals surface area contributed by atoms with Crippen molar-refractivity contribution in [3.8, 4) is 0 Å².